The molecule has 2 fully saturated rings. The van der Waals surface area contributed by atoms with Crippen molar-refractivity contribution in [3.8, 4) is 0 Å². The quantitative estimate of drug-likeness (QED) is 0.689. The molecule has 1 saturated carbocycles. The van der Waals surface area contributed by atoms with Crippen LogP contribution in [0.1, 0.15) is 52.0 Å². The van der Waals surface area contributed by atoms with E-state index in [1.165, 1.54) is 0 Å². The Morgan fingerprint density at radius 1 is 1.29 bits per heavy atom. The number of nitrogens with one attached hydrogen (secondary N) is 2. The molecule has 6 nitrogen and oxygen atoms in total. The summed E-state index contributed by atoms with van der Waals surface area (Å²) in [5, 5.41) is 5.66. The second kappa shape index (κ2) is 7.85. The molecule has 0 atom stereocenters. The van der Waals surface area contributed by atoms with Gasteiger partial charge in [-0.3, -0.25) is 14.5 Å². The van der Waals surface area contributed by atoms with Gasteiger partial charge in [0, 0.05) is 11.0 Å². The molecule has 1 saturated heterocycles. The van der Waals surface area contributed by atoms with Gasteiger partial charge in [-0.1, -0.05) is 48.8 Å². The van der Waals surface area contributed by atoms with Gasteiger partial charge in [-0.05, 0) is 54.7 Å². The SMILES string of the molecule is CC(C)(C)C1CCC2(CC1)NC(=O)N(CC(=O)NCc1cccc(Br)c1)C2=O. The van der Waals surface area contributed by atoms with Crippen LogP contribution in [-0.4, -0.2) is 34.8 Å². The van der Waals surface area contributed by atoms with Crippen LogP contribution in [0.5, 0.6) is 0 Å². The van der Waals surface area contributed by atoms with E-state index >= 15 is 0 Å². The van der Waals surface area contributed by atoms with Crippen LogP contribution >= 0.6 is 15.9 Å². The van der Waals surface area contributed by atoms with Crippen molar-refractivity contribution in [2.45, 2.75) is 58.5 Å². The molecular formula is C21H28BrN3O3. The summed E-state index contributed by atoms with van der Waals surface area (Å²) >= 11 is 3.39. The van der Waals surface area contributed by atoms with E-state index in [9.17, 15) is 14.4 Å². The molecular weight excluding hydrogens is 422 g/mol. The van der Waals surface area contributed by atoms with Crippen LogP contribution in [0.4, 0.5) is 4.79 Å². The number of rotatable bonds is 4. The molecule has 1 spiro atoms. The Kier molecular flexibility index (Phi) is 5.84. The molecule has 0 bridgehead atoms. The summed E-state index contributed by atoms with van der Waals surface area (Å²) in [6, 6.07) is 7.15. The Morgan fingerprint density at radius 2 is 1.96 bits per heavy atom. The van der Waals surface area contributed by atoms with E-state index < -0.39 is 11.6 Å². The second-order valence-corrected chi connectivity index (χ2v) is 9.87. The van der Waals surface area contributed by atoms with E-state index in [-0.39, 0.29) is 23.8 Å². The Labute approximate surface area is 174 Å². The van der Waals surface area contributed by atoms with Gasteiger partial charge in [-0.15, -0.1) is 0 Å². The van der Waals surface area contributed by atoms with Gasteiger partial charge in [0.05, 0.1) is 0 Å². The molecule has 3 rings (SSSR count). The molecule has 2 aliphatic rings. The van der Waals surface area contributed by atoms with Crippen molar-refractivity contribution in [2.24, 2.45) is 11.3 Å². The number of carbonyl (C=O) groups excluding carboxylic acids is 3. The zero-order valence-electron chi connectivity index (χ0n) is 16.7. The van der Waals surface area contributed by atoms with Crippen LogP contribution in [0.2, 0.25) is 0 Å². The molecule has 152 valence electrons. The summed E-state index contributed by atoms with van der Waals surface area (Å²) in [4.78, 5) is 38.7. The van der Waals surface area contributed by atoms with Crippen molar-refractivity contribution >= 4 is 33.8 Å². The smallest absolute Gasteiger partial charge is 0.325 e. The molecule has 0 aromatic heterocycles. The fourth-order valence-corrected chi connectivity index (χ4v) is 4.63. The van der Waals surface area contributed by atoms with Crippen LogP contribution in [-0.2, 0) is 16.1 Å². The summed E-state index contributed by atoms with van der Waals surface area (Å²) < 4.78 is 0.932. The highest BCUT2D eigenvalue weighted by atomic mass is 79.9. The number of hydrogen-bond donors (Lipinski definition) is 2. The summed E-state index contributed by atoms with van der Waals surface area (Å²) in [5.74, 6) is -0.0725. The Hall–Kier alpha value is -1.89. The average molecular weight is 450 g/mol. The van der Waals surface area contributed by atoms with Gasteiger partial charge in [0.1, 0.15) is 12.1 Å². The third kappa shape index (κ3) is 4.40. The molecule has 2 N–H and O–H groups in total. The second-order valence-electron chi connectivity index (χ2n) is 8.95. The maximum atomic E-state index is 13.0. The third-order valence-electron chi connectivity index (χ3n) is 5.99. The molecule has 7 heteroatoms. The third-order valence-corrected chi connectivity index (χ3v) is 6.48. The van der Waals surface area contributed by atoms with Crippen molar-refractivity contribution < 1.29 is 14.4 Å². The first-order valence-electron chi connectivity index (χ1n) is 9.76. The highest BCUT2D eigenvalue weighted by Crippen LogP contribution is 2.43. The van der Waals surface area contributed by atoms with Gasteiger partial charge in [0.2, 0.25) is 5.91 Å². The largest absolute Gasteiger partial charge is 0.350 e. The first-order chi connectivity index (χ1) is 13.1. The number of nitrogens with zero attached hydrogens (tertiary/aromatic N) is 1. The summed E-state index contributed by atoms with van der Waals surface area (Å²) in [5.41, 5.74) is 0.305. The number of carbonyl (C=O) groups is 3. The minimum Gasteiger partial charge on any atom is -0.350 e. The molecule has 1 aromatic carbocycles. The minimum absolute atomic E-state index is 0.194. The summed E-state index contributed by atoms with van der Waals surface area (Å²) in [6.07, 6.45) is 3.07. The number of urea groups is 1. The molecule has 1 aromatic rings. The zero-order valence-corrected chi connectivity index (χ0v) is 18.3. The number of amides is 4. The highest BCUT2D eigenvalue weighted by Gasteiger charge is 2.53. The minimum atomic E-state index is -0.830. The number of hydrogen-bond acceptors (Lipinski definition) is 3. The van der Waals surface area contributed by atoms with Crippen molar-refractivity contribution in [3.63, 3.8) is 0 Å². The van der Waals surface area contributed by atoms with Gasteiger partial charge in [-0.25, -0.2) is 4.79 Å². The lowest BCUT2D eigenvalue weighted by atomic mass is 9.67. The predicted octanol–water partition coefficient (Wildman–Crippen LogP) is 3.59. The zero-order chi connectivity index (χ0) is 20.5. The molecule has 28 heavy (non-hydrogen) atoms. The Balaban J connectivity index is 1.57. The number of halogens is 1. The predicted molar refractivity (Wildman–Crippen MR) is 110 cm³/mol. The lowest BCUT2D eigenvalue weighted by Crippen LogP contribution is -2.51. The van der Waals surface area contributed by atoms with Crippen LogP contribution in [0.15, 0.2) is 28.7 Å². The Morgan fingerprint density at radius 3 is 2.57 bits per heavy atom. The van der Waals surface area contributed by atoms with Gasteiger partial charge in [0.25, 0.3) is 5.91 Å². The van der Waals surface area contributed by atoms with Gasteiger partial charge < -0.3 is 10.6 Å². The molecule has 0 radical (unpaired) electrons. The van der Waals surface area contributed by atoms with E-state index in [4.69, 9.17) is 0 Å². The molecule has 1 aliphatic heterocycles. The van der Waals surface area contributed by atoms with Crippen molar-refractivity contribution in [1.82, 2.24) is 15.5 Å². The first kappa shape index (κ1) is 20.8. The Bertz CT molecular complexity index is 779. The van der Waals surface area contributed by atoms with Crippen molar-refractivity contribution in [1.29, 1.82) is 0 Å². The van der Waals surface area contributed by atoms with E-state index in [0.717, 1.165) is 27.8 Å². The van der Waals surface area contributed by atoms with E-state index in [1.807, 2.05) is 24.3 Å². The fourth-order valence-electron chi connectivity index (χ4n) is 4.18. The van der Waals surface area contributed by atoms with Crippen LogP contribution < -0.4 is 10.6 Å². The van der Waals surface area contributed by atoms with Crippen LogP contribution in [0.3, 0.4) is 0 Å². The lowest BCUT2D eigenvalue weighted by molar-refractivity contribution is -0.136. The standard InChI is InChI=1S/C21H28BrN3O3/c1-20(2,3)15-7-9-21(10-8-15)18(27)25(19(28)24-21)13-17(26)23-12-14-5-4-6-16(22)11-14/h4-6,11,15H,7-10,12-13H2,1-3H3,(H,23,26)(H,24,28). The first-order valence-corrected chi connectivity index (χ1v) is 10.6. The van der Waals surface area contributed by atoms with Gasteiger partial charge in [-0.2, -0.15) is 0 Å². The number of imide groups is 1. The normalized spacial score (nSPS) is 25.1. The van der Waals surface area contributed by atoms with Crippen molar-refractivity contribution in [3.05, 3.63) is 34.3 Å². The molecule has 1 heterocycles. The van der Waals surface area contributed by atoms with Gasteiger partial charge >= 0.3 is 6.03 Å². The topological polar surface area (TPSA) is 78.5 Å². The molecule has 1 aliphatic carbocycles. The summed E-state index contributed by atoms with van der Waals surface area (Å²) in [7, 11) is 0. The lowest BCUT2D eigenvalue weighted by Gasteiger charge is -2.40. The average Bonchev–Trinajstić information content (AvgIpc) is 2.84. The van der Waals surface area contributed by atoms with E-state index in [0.29, 0.717) is 25.3 Å². The number of benzene rings is 1. The van der Waals surface area contributed by atoms with E-state index in [2.05, 4.69) is 47.3 Å². The van der Waals surface area contributed by atoms with E-state index in [1.54, 1.807) is 0 Å². The monoisotopic (exact) mass is 449 g/mol. The maximum absolute atomic E-state index is 13.0. The van der Waals surface area contributed by atoms with Crippen LogP contribution in [0, 0.1) is 11.3 Å². The maximum Gasteiger partial charge on any atom is 0.325 e. The van der Waals surface area contributed by atoms with Gasteiger partial charge in [0.15, 0.2) is 0 Å². The highest BCUT2D eigenvalue weighted by molar-refractivity contribution is 9.10. The fraction of sp³-hybridized carbons (Fsp3) is 0.571. The van der Waals surface area contributed by atoms with Crippen molar-refractivity contribution in [2.75, 3.05) is 6.54 Å². The molecule has 4 amide bonds. The summed E-state index contributed by atoms with van der Waals surface area (Å²) in [6.45, 7) is 6.75. The van der Waals surface area contributed by atoms with Crippen LogP contribution in [0.25, 0.3) is 0 Å². The molecule has 0 unspecified atom stereocenters.